The van der Waals surface area contributed by atoms with E-state index >= 15 is 0 Å². The van der Waals surface area contributed by atoms with Gasteiger partial charge in [0.15, 0.2) is 5.82 Å². The molecule has 1 amide bonds. The molecule has 0 aromatic carbocycles. The molecule has 2 rings (SSSR count). The first kappa shape index (κ1) is 14.2. The van der Waals surface area contributed by atoms with Crippen LogP contribution in [-0.2, 0) is 26.2 Å². The van der Waals surface area contributed by atoms with E-state index in [4.69, 9.17) is 4.74 Å². The molecular weight excluding hydrogens is 264 g/mol. The standard InChI is InChI=1S/C12H16N4O4/c1-4-20-9(18)5-7-10(19)16-11(14-13-7)12(2,3)6-8(17)15-16/h4-6H2,1-3H3,(H,15,17). The highest BCUT2D eigenvalue weighted by molar-refractivity contribution is 5.86. The van der Waals surface area contributed by atoms with Crippen molar-refractivity contribution in [2.24, 2.45) is 0 Å². The number of rotatable bonds is 3. The molecule has 0 aliphatic carbocycles. The first-order valence-corrected chi connectivity index (χ1v) is 6.29. The van der Waals surface area contributed by atoms with Gasteiger partial charge in [-0.3, -0.25) is 19.8 Å². The van der Waals surface area contributed by atoms with Crippen molar-refractivity contribution in [3.63, 3.8) is 0 Å². The summed E-state index contributed by atoms with van der Waals surface area (Å²) in [4.78, 5) is 35.2. The van der Waals surface area contributed by atoms with Crippen LogP contribution < -0.4 is 11.0 Å². The molecular formula is C12H16N4O4. The Morgan fingerprint density at radius 3 is 2.75 bits per heavy atom. The SMILES string of the molecule is CCOC(=O)Cc1nnc2n(c1=O)NC(=O)CC2(C)C. The van der Waals surface area contributed by atoms with Crippen molar-refractivity contribution in [1.29, 1.82) is 0 Å². The lowest BCUT2D eigenvalue weighted by Crippen LogP contribution is -2.48. The lowest BCUT2D eigenvalue weighted by atomic mass is 9.87. The van der Waals surface area contributed by atoms with Gasteiger partial charge < -0.3 is 4.74 Å². The van der Waals surface area contributed by atoms with Gasteiger partial charge in [0.2, 0.25) is 5.91 Å². The molecule has 0 fully saturated rings. The fourth-order valence-corrected chi connectivity index (χ4v) is 2.07. The number of carbonyl (C=O) groups is 2. The Hall–Kier alpha value is -2.25. The van der Waals surface area contributed by atoms with Gasteiger partial charge in [-0.05, 0) is 6.92 Å². The van der Waals surface area contributed by atoms with E-state index in [0.717, 1.165) is 4.68 Å². The number of esters is 1. The fraction of sp³-hybridized carbons (Fsp3) is 0.583. The summed E-state index contributed by atoms with van der Waals surface area (Å²) in [6, 6.07) is 0. The van der Waals surface area contributed by atoms with E-state index in [2.05, 4.69) is 15.6 Å². The smallest absolute Gasteiger partial charge is 0.312 e. The molecule has 20 heavy (non-hydrogen) atoms. The van der Waals surface area contributed by atoms with Crippen LogP contribution in [0, 0.1) is 0 Å². The predicted molar refractivity (Wildman–Crippen MR) is 68.6 cm³/mol. The number of amides is 1. The molecule has 108 valence electrons. The van der Waals surface area contributed by atoms with Crippen molar-refractivity contribution in [3.8, 4) is 0 Å². The summed E-state index contributed by atoms with van der Waals surface area (Å²) in [6.07, 6.45) is -0.0470. The molecule has 0 bridgehead atoms. The van der Waals surface area contributed by atoms with Crippen LogP contribution in [0.2, 0.25) is 0 Å². The van der Waals surface area contributed by atoms with Gasteiger partial charge >= 0.3 is 5.97 Å². The molecule has 0 saturated heterocycles. The fourth-order valence-electron chi connectivity index (χ4n) is 2.07. The van der Waals surface area contributed by atoms with Crippen LogP contribution in [0.15, 0.2) is 4.79 Å². The van der Waals surface area contributed by atoms with Gasteiger partial charge in [0, 0.05) is 11.8 Å². The Kier molecular flexibility index (Phi) is 3.56. The van der Waals surface area contributed by atoms with E-state index in [1.165, 1.54) is 0 Å². The van der Waals surface area contributed by atoms with Gasteiger partial charge in [0.05, 0.1) is 13.0 Å². The van der Waals surface area contributed by atoms with Crippen molar-refractivity contribution < 1.29 is 14.3 Å². The van der Waals surface area contributed by atoms with Crippen molar-refractivity contribution >= 4 is 11.9 Å². The third kappa shape index (κ3) is 2.54. The molecule has 8 heteroatoms. The highest BCUT2D eigenvalue weighted by atomic mass is 16.5. The number of nitrogens with zero attached hydrogens (tertiary/aromatic N) is 3. The Labute approximate surface area is 115 Å². The summed E-state index contributed by atoms with van der Waals surface area (Å²) >= 11 is 0. The Morgan fingerprint density at radius 2 is 2.10 bits per heavy atom. The molecule has 0 spiro atoms. The van der Waals surface area contributed by atoms with Gasteiger partial charge in [0.1, 0.15) is 5.69 Å². The molecule has 1 aliphatic rings. The summed E-state index contributed by atoms with van der Waals surface area (Å²) in [6.45, 7) is 5.50. The summed E-state index contributed by atoms with van der Waals surface area (Å²) in [5.74, 6) is -0.463. The average Bonchev–Trinajstić information content (AvgIpc) is 2.32. The van der Waals surface area contributed by atoms with Gasteiger partial charge in [-0.1, -0.05) is 13.8 Å². The molecule has 1 N–H and O–H groups in total. The number of hydrogen-bond acceptors (Lipinski definition) is 6. The molecule has 0 atom stereocenters. The number of aromatic nitrogens is 3. The van der Waals surface area contributed by atoms with E-state index in [-0.39, 0.29) is 31.0 Å². The number of hydrogen-bond donors (Lipinski definition) is 1. The minimum absolute atomic E-state index is 0.0507. The van der Waals surface area contributed by atoms with Gasteiger partial charge in [0.25, 0.3) is 5.56 Å². The molecule has 1 aromatic rings. The van der Waals surface area contributed by atoms with Gasteiger partial charge in [-0.15, -0.1) is 10.2 Å². The van der Waals surface area contributed by atoms with Crippen molar-refractivity contribution in [2.75, 3.05) is 12.0 Å². The largest absolute Gasteiger partial charge is 0.466 e. The molecule has 8 nitrogen and oxygen atoms in total. The highest BCUT2D eigenvalue weighted by Crippen LogP contribution is 2.26. The second-order valence-electron chi connectivity index (χ2n) is 5.19. The second-order valence-corrected chi connectivity index (χ2v) is 5.19. The molecule has 0 unspecified atom stereocenters. The highest BCUT2D eigenvalue weighted by Gasteiger charge is 2.35. The van der Waals surface area contributed by atoms with E-state index in [1.807, 2.05) is 0 Å². The summed E-state index contributed by atoms with van der Waals surface area (Å²) in [5, 5.41) is 7.77. The minimum atomic E-state index is -0.586. The topological polar surface area (TPSA) is 103 Å². The number of carbonyl (C=O) groups excluding carboxylic acids is 2. The van der Waals surface area contributed by atoms with E-state index < -0.39 is 16.9 Å². The van der Waals surface area contributed by atoms with E-state index in [1.54, 1.807) is 20.8 Å². The first-order valence-electron chi connectivity index (χ1n) is 6.29. The van der Waals surface area contributed by atoms with Crippen molar-refractivity contribution in [1.82, 2.24) is 14.9 Å². The zero-order valence-electron chi connectivity index (χ0n) is 11.6. The zero-order valence-corrected chi connectivity index (χ0v) is 11.6. The van der Waals surface area contributed by atoms with E-state index in [0.29, 0.717) is 5.82 Å². The lowest BCUT2D eigenvalue weighted by molar-refractivity contribution is -0.142. The summed E-state index contributed by atoms with van der Waals surface area (Å²) in [7, 11) is 0. The Morgan fingerprint density at radius 1 is 1.40 bits per heavy atom. The molecule has 1 aromatic heterocycles. The number of fused-ring (bicyclic) bond motifs is 1. The van der Waals surface area contributed by atoms with Crippen LogP contribution in [0.3, 0.4) is 0 Å². The van der Waals surface area contributed by atoms with E-state index in [9.17, 15) is 14.4 Å². The third-order valence-electron chi connectivity index (χ3n) is 2.99. The van der Waals surface area contributed by atoms with Crippen LogP contribution in [0.4, 0.5) is 0 Å². The van der Waals surface area contributed by atoms with Crippen LogP contribution >= 0.6 is 0 Å². The second kappa shape index (κ2) is 5.03. The molecule has 0 saturated carbocycles. The maximum Gasteiger partial charge on any atom is 0.312 e. The van der Waals surface area contributed by atoms with Crippen molar-refractivity contribution in [3.05, 3.63) is 21.9 Å². The third-order valence-corrected chi connectivity index (χ3v) is 2.99. The maximum atomic E-state index is 12.2. The average molecular weight is 280 g/mol. The zero-order chi connectivity index (χ0) is 14.9. The quantitative estimate of drug-likeness (QED) is 0.748. The van der Waals surface area contributed by atoms with Gasteiger partial charge in [-0.25, -0.2) is 0 Å². The Bertz CT molecular complexity index is 620. The molecule has 2 heterocycles. The first-order chi connectivity index (χ1) is 9.35. The van der Waals surface area contributed by atoms with Crippen LogP contribution in [0.1, 0.15) is 38.7 Å². The number of ether oxygens (including phenoxy) is 1. The van der Waals surface area contributed by atoms with Crippen LogP contribution in [-0.4, -0.2) is 33.4 Å². The van der Waals surface area contributed by atoms with Gasteiger partial charge in [-0.2, -0.15) is 4.68 Å². The lowest BCUT2D eigenvalue weighted by Gasteiger charge is -2.30. The summed E-state index contributed by atoms with van der Waals surface area (Å²) < 4.78 is 5.83. The molecule has 0 radical (unpaired) electrons. The predicted octanol–water partition coefficient (Wildman–Crippen LogP) is -0.505. The van der Waals surface area contributed by atoms with Crippen LogP contribution in [0.5, 0.6) is 0 Å². The maximum absolute atomic E-state index is 12.2. The van der Waals surface area contributed by atoms with Crippen molar-refractivity contribution in [2.45, 2.75) is 39.0 Å². The summed E-state index contributed by atoms with van der Waals surface area (Å²) in [5.41, 5.74) is 1.25. The van der Waals surface area contributed by atoms with Crippen LogP contribution in [0.25, 0.3) is 0 Å². The normalized spacial score (nSPS) is 16.2. The number of nitrogens with one attached hydrogen (secondary N) is 1. The Balaban J connectivity index is 2.42. The molecule has 1 aliphatic heterocycles. The minimum Gasteiger partial charge on any atom is -0.466 e. The monoisotopic (exact) mass is 280 g/mol.